The molecule has 23 heavy (non-hydrogen) atoms. The van der Waals surface area contributed by atoms with Crippen molar-refractivity contribution in [1.82, 2.24) is 0 Å². The number of unbranched alkanes of at least 4 members (excludes halogenated alkanes) is 1. The van der Waals surface area contributed by atoms with E-state index in [-0.39, 0.29) is 17.4 Å². The van der Waals surface area contributed by atoms with Crippen molar-refractivity contribution in [3.8, 4) is 11.5 Å². The maximum Gasteiger partial charge on any atom is 0.123 e. The van der Waals surface area contributed by atoms with Crippen molar-refractivity contribution < 1.29 is 19.4 Å². The molecule has 0 spiro atoms. The molecule has 1 aliphatic carbocycles. The van der Waals surface area contributed by atoms with Crippen molar-refractivity contribution >= 4 is 0 Å². The summed E-state index contributed by atoms with van der Waals surface area (Å²) < 4.78 is 23.1. The molecule has 0 radical (unpaired) electrons. The molecule has 1 aromatic rings. The van der Waals surface area contributed by atoms with E-state index in [1.165, 1.54) is 0 Å². The van der Waals surface area contributed by atoms with Crippen molar-refractivity contribution in [2.24, 2.45) is 5.92 Å². The van der Waals surface area contributed by atoms with Gasteiger partial charge >= 0.3 is 0 Å². The molecular weight excluding hydrogens is 288 g/mol. The Labute approximate surface area is 143 Å². The molecule has 1 aliphatic rings. The highest BCUT2D eigenvalue weighted by atomic mass is 16.3. The molecule has 0 aliphatic heterocycles. The fourth-order valence-corrected chi connectivity index (χ4v) is 3.53. The average molecular weight is 321 g/mol. The van der Waals surface area contributed by atoms with Gasteiger partial charge in [0.25, 0.3) is 0 Å². The van der Waals surface area contributed by atoms with Crippen LogP contribution in [-0.2, 0) is 6.42 Å². The maximum absolute atomic E-state index is 10.6. The molecule has 3 heteroatoms. The quantitative estimate of drug-likeness (QED) is 0.692. The molecule has 2 atom stereocenters. The van der Waals surface area contributed by atoms with Crippen LogP contribution in [0.1, 0.15) is 74.5 Å². The summed E-state index contributed by atoms with van der Waals surface area (Å²) in [6, 6.07) is 3.28. The van der Waals surface area contributed by atoms with Crippen LogP contribution in [0.15, 0.2) is 23.8 Å². The lowest BCUT2D eigenvalue weighted by Crippen LogP contribution is -2.36. The third kappa shape index (κ3) is 4.08. The highest BCUT2D eigenvalue weighted by molar-refractivity contribution is 5.51. The van der Waals surface area contributed by atoms with E-state index in [0.717, 1.165) is 24.8 Å². The van der Waals surface area contributed by atoms with Gasteiger partial charge in [0, 0.05) is 15.6 Å². The second kappa shape index (κ2) is 6.96. The topological polar surface area (TPSA) is 60.7 Å². The second-order valence-electron chi connectivity index (χ2n) is 7.17. The van der Waals surface area contributed by atoms with Crippen LogP contribution in [-0.4, -0.2) is 20.9 Å². The minimum Gasteiger partial charge on any atom is -0.507 e. The molecular formula is C20H30O3. The van der Waals surface area contributed by atoms with Crippen molar-refractivity contribution in [2.45, 2.75) is 71.2 Å². The number of allylic oxidation sites excluding steroid dienone is 2. The zero-order chi connectivity index (χ0) is 19.7. The molecule has 128 valence electrons. The number of aromatic hydroxyl groups is 2. The van der Waals surface area contributed by atoms with E-state index in [4.69, 9.17) is 4.11 Å². The monoisotopic (exact) mass is 321 g/mol. The Balaban J connectivity index is 2.52. The summed E-state index contributed by atoms with van der Waals surface area (Å²) in [5.74, 6) is -0.942. The van der Waals surface area contributed by atoms with Gasteiger partial charge in [-0.3, -0.25) is 0 Å². The molecule has 0 aromatic heterocycles. The number of aryl methyl sites for hydroxylation is 1. The lowest BCUT2D eigenvalue weighted by Gasteiger charge is -2.38. The highest BCUT2D eigenvalue weighted by Gasteiger charge is 2.38. The van der Waals surface area contributed by atoms with E-state index >= 15 is 0 Å². The molecule has 0 fully saturated rings. The first-order valence-corrected chi connectivity index (χ1v) is 8.43. The van der Waals surface area contributed by atoms with Crippen LogP contribution in [0.3, 0.4) is 0 Å². The van der Waals surface area contributed by atoms with E-state index < -0.39 is 18.4 Å². The lowest BCUT2D eigenvalue weighted by molar-refractivity contribution is 0.00421. The van der Waals surface area contributed by atoms with Gasteiger partial charge in [-0.05, 0) is 70.0 Å². The second-order valence-corrected chi connectivity index (χ2v) is 7.17. The fourth-order valence-electron chi connectivity index (χ4n) is 3.53. The number of hydrogen-bond acceptors (Lipinski definition) is 3. The van der Waals surface area contributed by atoms with Crippen LogP contribution in [0.25, 0.3) is 0 Å². The molecule has 2 rings (SSSR count). The molecule has 2 unspecified atom stereocenters. The summed E-state index contributed by atoms with van der Waals surface area (Å²) in [5.41, 5.74) is 0.401. The molecule has 0 saturated carbocycles. The van der Waals surface area contributed by atoms with Crippen LogP contribution in [0, 0.1) is 5.92 Å². The molecule has 3 nitrogen and oxygen atoms in total. The molecule has 0 amide bonds. The van der Waals surface area contributed by atoms with E-state index in [0.29, 0.717) is 24.0 Å². The third-order valence-electron chi connectivity index (χ3n) is 4.79. The highest BCUT2D eigenvalue weighted by Crippen LogP contribution is 2.47. The normalized spacial score (nSPS) is 24.5. The summed E-state index contributed by atoms with van der Waals surface area (Å²) in [6.07, 6.45) is 5.19. The van der Waals surface area contributed by atoms with Gasteiger partial charge in [-0.15, -0.1) is 0 Å². The van der Waals surface area contributed by atoms with Gasteiger partial charge < -0.3 is 15.3 Å². The standard InChI is InChI=1S/C20H30O3/c1-5-6-7-14-11-17(21)19(18(22)12-14)15-10-13(2)8-9-16(15)20(3,4)23/h10-12,15-16,21-23H,5-9H2,1-4H3/i2D3. The number of rotatable bonds is 5. The van der Waals surface area contributed by atoms with E-state index in [2.05, 4.69) is 6.92 Å². The van der Waals surface area contributed by atoms with Crippen LogP contribution in [0.5, 0.6) is 11.5 Å². The molecule has 0 saturated heterocycles. The van der Waals surface area contributed by atoms with Crippen molar-refractivity contribution in [2.75, 3.05) is 0 Å². The third-order valence-corrected chi connectivity index (χ3v) is 4.79. The Morgan fingerprint density at radius 1 is 1.26 bits per heavy atom. The molecule has 0 heterocycles. The Morgan fingerprint density at radius 2 is 1.91 bits per heavy atom. The predicted octanol–water partition coefficient (Wildman–Crippen LogP) is 4.65. The van der Waals surface area contributed by atoms with Crippen LogP contribution in [0.2, 0.25) is 0 Å². The number of hydrogen-bond donors (Lipinski definition) is 3. The minimum absolute atomic E-state index is 0.0432. The first-order valence-electron chi connectivity index (χ1n) is 9.93. The van der Waals surface area contributed by atoms with Gasteiger partial charge in [0.2, 0.25) is 0 Å². The average Bonchev–Trinajstić information content (AvgIpc) is 2.50. The van der Waals surface area contributed by atoms with E-state index in [1.807, 2.05) is 0 Å². The van der Waals surface area contributed by atoms with E-state index in [1.54, 1.807) is 32.1 Å². The fraction of sp³-hybridized carbons (Fsp3) is 0.600. The van der Waals surface area contributed by atoms with Crippen molar-refractivity contribution in [3.05, 3.63) is 34.9 Å². The van der Waals surface area contributed by atoms with Gasteiger partial charge in [0.1, 0.15) is 11.5 Å². The van der Waals surface area contributed by atoms with E-state index in [9.17, 15) is 15.3 Å². The molecule has 3 N–H and O–H groups in total. The van der Waals surface area contributed by atoms with Crippen molar-refractivity contribution in [3.63, 3.8) is 0 Å². The molecule has 1 aromatic carbocycles. The summed E-state index contributed by atoms with van der Waals surface area (Å²) >= 11 is 0. The summed E-state index contributed by atoms with van der Waals surface area (Å²) in [7, 11) is 0. The maximum atomic E-state index is 10.6. The zero-order valence-electron chi connectivity index (χ0n) is 17.3. The first-order chi connectivity index (χ1) is 11.9. The summed E-state index contributed by atoms with van der Waals surface area (Å²) in [5, 5.41) is 31.8. The van der Waals surface area contributed by atoms with Gasteiger partial charge in [0.15, 0.2) is 0 Å². The Kier molecular flexibility index (Phi) is 4.21. The van der Waals surface area contributed by atoms with Gasteiger partial charge in [0.05, 0.1) is 5.60 Å². The SMILES string of the molecule is [2H]C([2H])([2H])C1=CC(c2c(O)cc(CCCC)cc2O)C(C(C)(C)O)CC1. The number of benzene rings is 1. The Morgan fingerprint density at radius 3 is 2.43 bits per heavy atom. The number of phenols is 2. The lowest BCUT2D eigenvalue weighted by atomic mass is 9.69. The minimum atomic E-state index is -2.21. The van der Waals surface area contributed by atoms with Crippen LogP contribution >= 0.6 is 0 Å². The summed E-state index contributed by atoms with van der Waals surface area (Å²) in [4.78, 5) is 0. The Bertz CT molecular complexity index is 649. The smallest absolute Gasteiger partial charge is 0.123 e. The zero-order valence-corrected chi connectivity index (χ0v) is 14.3. The number of phenolic OH excluding ortho intramolecular Hbond substituents is 2. The predicted molar refractivity (Wildman–Crippen MR) is 93.9 cm³/mol. The van der Waals surface area contributed by atoms with Crippen LogP contribution < -0.4 is 0 Å². The largest absolute Gasteiger partial charge is 0.507 e. The van der Waals surface area contributed by atoms with Crippen LogP contribution in [0.4, 0.5) is 0 Å². The molecule has 0 bridgehead atoms. The number of aliphatic hydroxyl groups is 1. The van der Waals surface area contributed by atoms with Gasteiger partial charge in [-0.1, -0.05) is 25.0 Å². The first kappa shape index (κ1) is 13.9. The van der Waals surface area contributed by atoms with Gasteiger partial charge in [-0.2, -0.15) is 0 Å². The Hall–Kier alpha value is -1.48. The van der Waals surface area contributed by atoms with Crippen molar-refractivity contribution in [1.29, 1.82) is 0 Å². The van der Waals surface area contributed by atoms with Gasteiger partial charge in [-0.25, -0.2) is 0 Å². The summed E-state index contributed by atoms with van der Waals surface area (Å²) in [6.45, 7) is 3.23.